The molecule has 1 aromatic heterocycles. The number of rotatable bonds is 2. The highest BCUT2D eigenvalue weighted by atomic mass is 32.1. The molecule has 0 atom stereocenters. The summed E-state index contributed by atoms with van der Waals surface area (Å²) in [5, 5.41) is 5.83. The molecule has 1 fully saturated rings. The summed E-state index contributed by atoms with van der Waals surface area (Å²) in [7, 11) is 1.81. The van der Waals surface area contributed by atoms with Crippen molar-refractivity contribution in [3.8, 4) is 0 Å². The van der Waals surface area contributed by atoms with Crippen LogP contribution >= 0.6 is 11.5 Å². The molecule has 13 heavy (non-hydrogen) atoms. The molecule has 0 unspecified atom stereocenters. The van der Waals surface area contributed by atoms with E-state index in [2.05, 4.69) is 9.59 Å². The predicted molar refractivity (Wildman–Crippen MR) is 48.0 cm³/mol. The van der Waals surface area contributed by atoms with Gasteiger partial charge in [-0.05, 0) is 11.5 Å². The SMILES string of the molecule is CN1CN(Cc2csnn2)CC1=O. The third-order valence-corrected chi connectivity index (χ3v) is 2.54. The molecule has 0 saturated carbocycles. The van der Waals surface area contributed by atoms with Crippen LogP contribution in [0.1, 0.15) is 5.69 Å². The van der Waals surface area contributed by atoms with Gasteiger partial charge in [0, 0.05) is 19.0 Å². The van der Waals surface area contributed by atoms with Crippen molar-refractivity contribution in [2.45, 2.75) is 6.54 Å². The van der Waals surface area contributed by atoms with Crippen LogP contribution in [0.2, 0.25) is 0 Å². The lowest BCUT2D eigenvalue weighted by atomic mass is 10.4. The van der Waals surface area contributed by atoms with Crippen molar-refractivity contribution in [3.05, 3.63) is 11.1 Å². The molecule has 0 spiro atoms. The van der Waals surface area contributed by atoms with E-state index in [4.69, 9.17) is 0 Å². The van der Waals surface area contributed by atoms with Crippen LogP contribution in [0.5, 0.6) is 0 Å². The van der Waals surface area contributed by atoms with Gasteiger partial charge in [-0.3, -0.25) is 9.69 Å². The third-order valence-electron chi connectivity index (χ3n) is 1.99. The van der Waals surface area contributed by atoms with Gasteiger partial charge in [0.25, 0.3) is 0 Å². The molecule has 2 rings (SSSR count). The highest BCUT2D eigenvalue weighted by Gasteiger charge is 2.24. The second-order valence-electron chi connectivity index (χ2n) is 3.12. The molecule has 1 aromatic rings. The lowest BCUT2D eigenvalue weighted by Crippen LogP contribution is -2.23. The number of aromatic nitrogens is 2. The molecule has 0 radical (unpaired) electrons. The Bertz CT molecular complexity index is 299. The number of hydrogen-bond donors (Lipinski definition) is 0. The van der Waals surface area contributed by atoms with E-state index in [1.807, 2.05) is 17.3 Å². The summed E-state index contributed by atoms with van der Waals surface area (Å²) in [4.78, 5) is 14.9. The Hall–Kier alpha value is -1.01. The number of hydrogen-bond acceptors (Lipinski definition) is 5. The lowest BCUT2D eigenvalue weighted by Gasteiger charge is -2.11. The Balaban J connectivity index is 1.94. The van der Waals surface area contributed by atoms with Gasteiger partial charge in [0.2, 0.25) is 5.91 Å². The highest BCUT2D eigenvalue weighted by molar-refractivity contribution is 7.03. The smallest absolute Gasteiger partial charge is 0.237 e. The standard InChI is InChI=1S/C7H10N4OS/c1-10-5-11(3-7(10)12)2-6-4-13-9-8-6/h4H,2-3,5H2,1H3. The molecule has 5 nitrogen and oxygen atoms in total. The molecule has 0 N–H and O–H groups in total. The first-order valence-electron chi connectivity index (χ1n) is 3.98. The van der Waals surface area contributed by atoms with Gasteiger partial charge in [0.05, 0.1) is 18.9 Å². The molecular weight excluding hydrogens is 188 g/mol. The van der Waals surface area contributed by atoms with Crippen molar-refractivity contribution in [1.29, 1.82) is 0 Å². The molecule has 1 aliphatic rings. The van der Waals surface area contributed by atoms with Crippen molar-refractivity contribution in [2.24, 2.45) is 0 Å². The van der Waals surface area contributed by atoms with Crippen molar-refractivity contribution < 1.29 is 4.79 Å². The number of carbonyl (C=O) groups is 1. The van der Waals surface area contributed by atoms with Crippen molar-refractivity contribution in [2.75, 3.05) is 20.3 Å². The molecule has 0 aliphatic carbocycles. The molecule has 70 valence electrons. The Morgan fingerprint density at radius 1 is 1.69 bits per heavy atom. The summed E-state index contributed by atoms with van der Waals surface area (Å²) in [5.41, 5.74) is 0.938. The van der Waals surface area contributed by atoms with Crippen LogP contribution in [0, 0.1) is 0 Å². The molecule has 2 heterocycles. The lowest BCUT2D eigenvalue weighted by molar-refractivity contribution is -0.125. The maximum Gasteiger partial charge on any atom is 0.237 e. The molecule has 1 amide bonds. The number of carbonyl (C=O) groups excluding carboxylic acids is 1. The summed E-state index contributed by atoms with van der Waals surface area (Å²) in [6, 6.07) is 0. The Morgan fingerprint density at radius 2 is 2.54 bits per heavy atom. The van der Waals surface area contributed by atoms with E-state index in [0.29, 0.717) is 19.8 Å². The van der Waals surface area contributed by atoms with Gasteiger partial charge >= 0.3 is 0 Å². The van der Waals surface area contributed by atoms with Gasteiger partial charge in [-0.25, -0.2) is 0 Å². The van der Waals surface area contributed by atoms with Crippen LogP contribution in [0.3, 0.4) is 0 Å². The fourth-order valence-corrected chi connectivity index (χ4v) is 1.77. The average Bonchev–Trinajstić information content (AvgIpc) is 2.64. The van der Waals surface area contributed by atoms with E-state index in [9.17, 15) is 4.79 Å². The summed E-state index contributed by atoms with van der Waals surface area (Å²) >= 11 is 1.34. The van der Waals surface area contributed by atoms with E-state index < -0.39 is 0 Å². The van der Waals surface area contributed by atoms with Gasteiger partial charge in [0.1, 0.15) is 0 Å². The van der Waals surface area contributed by atoms with E-state index >= 15 is 0 Å². The van der Waals surface area contributed by atoms with Crippen molar-refractivity contribution in [1.82, 2.24) is 19.4 Å². The number of nitrogens with zero attached hydrogens (tertiary/aromatic N) is 4. The van der Waals surface area contributed by atoms with E-state index in [1.165, 1.54) is 11.5 Å². The molecule has 1 saturated heterocycles. The predicted octanol–water partition coefficient (Wildman–Crippen LogP) is -0.230. The molecule has 0 aromatic carbocycles. The van der Waals surface area contributed by atoms with Crippen molar-refractivity contribution in [3.63, 3.8) is 0 Å². The topological polar surface area (TPSA) is 49.3 Å². The first-order valence-corrected chi connectivity index (χ1v) is 4.81. The van der Waals surface area contributed by atoms with Crippen LogP contribution in [-0.2, 0) is 11.3 Å². The largest absolute Gasteiger partial charge is 0.332 e. The van der Waals surface area contributed by atoms with E-state index in [1.54, 1.807) is 4.90 Å². The maximum atomic E-state index is 11.2. The Morgan fingerprint density at radius 3 is 3.08 bits per heavy atom. The van der Waals surface area contributed by atoms with Gasteiger partial charge in [-0.2, -0.15) is 0 Å². The maximum absolute atomic E-state index is 11.2. The fraction of sp³-hybridized carbons (Fsp3) is 0.571. The second kappa shape index (κ2) is 3.39. The first-order chi connectivity index (χ1) is 6.25. The van der Waals surface area contributed by atoms with Crippen LogP contribution in [0.4, 0.5) is 0 Å². The van der Waals surface area contributed by atoms with Crippen molar-refractivity contribution >= 4 is 17.4 Å². The molecule has 1 aliphatic heterocycles. The molecule has 6 heteroatoms. The minimum atomic E-state index is 0.170. The number of likely N-dealkylation sites (N-methyl/N-ethyl adjacent to an activating group) is 1. The zero-order chi connectivity index (χ0) is 9.26. The summed E-state index contributed by atoms with van der Waals surface area (Å²) < 4.78 is 3.77. The Kier molecular flexibility index (Phi) is 2.24. The monoisotopic (exact) mass is 198 g/mol. The average molecular weight is 198 g/mol. The highest BCUT2D eigenvalue weighted by Crippen LogP contribution is 2.08. The fourth-order valence-electron chi connectivity index (χ4n) is 1.33. The van der Waals surface area contributed by atoms with Crippen LogP contribution in [0.15, 0.2) is 5.38 Å². The zero-order valence-corrected chi connectivity index (χ0v) is 8.12. The van der Waals surface area contributed by atoms with Crippen LogP contribution in [0.25, 0.3) is 0 Å². The van der Waals surface area contributed by atoms with Gasteiger partial charge < -0.3 is 4.90 Å². The van der Waals surface area contributed by atoms with Gasteiger partial charge in [0.15, 0.2) is 0 Å². The van der Waals surface area contributed by atoms with E-state index in [0.717, 1.165) is 5.69 Å². The Labute approximate surface area is 80.1 Å². The first kappa shape index (κ1) is 8.58. The van der Waals surface area contributed by atoms with E-state index in [-0.39, 0.29) is 5.91 Å². The minimum absolute atomic E-state index is 0.170. The van der Waals surface area contributed by atoms with Crippen LogP contribution in [-0.4, -0.2) is 45.6 Å². The zero-order valence-electron chi connectivity index (χ0n) is 7.30. The van der Waals surface area contributed by atoms with Crippen LogP contribution < -0.4 is 0 Å². The summed E-state index contributed by atoms with van der Waals surface area (Å²) in [6.07, 6.45) is 0. The van der Waals surface area contributed by atoms with Gasteiger partial charge in [-0.1, -0.05) is 4.49 Å². The molecule has 0 bridgehead atoms. The summed E-state index contributed by atoms with van der Waals surface area (Å²) in [5.74, 6) is 0.170. The number of amides is 1. The summed E-state index contributed by atoms with van der Waals surface area (Å²) in [6.45, 7) is 1.90. The van der Waals surface area contributed by atoms with Gasteiger partial charge in [-0.15, -0.1) is 5.10 Å². The molecular formula is C7H10N4OS. The quantitative estimate of drug-likeness (QED) is 0.658. The third kappa shape index (κ3) is 1.84. The minimum Gasteiger partial charge on any atom is -0.332 e. The normalized spacial score (nSPS) is 18.5. The second-order valence-corrected chi connectivity index (χ2v) is 3.73.